The Balaban J connectivity index is 1.91. The predicted octanol–water partition coefficient (Wildman–Crippen LogP) is 1.62. The number of carbonyl (C=O) groups excluding carboxylic acids is 1. The van der Waals surface area contributed by atoms with E-state index in [1.165, 1.54) is 0 Å². The van der Waals surface area contributed by atoms with Crippen LogP contribution in [-0.2, 0) is 4.79 Å². The van der Waals surface area contributed by atoms with E-state index in [4.69, 9.17) is 17.3 Å². The molecule has 0 unspecified atom stereocenters. The van der Waals surface area contributed by atoms with Crippen LogP contribution in [0.3, 0.4) is 0 Å². The molecule has 0 spiro atoms. The number of likely N-dealkylation sites (tertiary alicyclic amines) is 1. The van der Waals surface area contributed by atoms with Crippen molar-refractivity contribution in [3.05, 3.63) is 28.8 Å². The van der Waals surface area contributed by atoms with Crippen molar-refractivity contribution >= 4 is 23.2 Å². The highest BCUT2D eigenvalue weighted by Gasteiger charge is 2.21. The smallest absolute Gasteiger partial charge is 0.238 e. The lowest BCUT2D eigenvalue weighted by atomic mass is 10.2. The van der Waals surface area contributed by atoms with Gasteiger partial charge in [0.1, 0.15) is 0 Å². The van der Waals surface area contributed by atoms with E-state index in [0.717, 1.165) is 25.1 Å². The average Bonchev–Trinajstić information content (AvgIpc) is 2.68. The van der Waals surface area contributed by atoms with Crippen molar-refractivity contribution in [2.75, 3.05) is 25.0 Å². The molecule has 1 aliphatic heterocycles. The third-order valence-corrected chi connectivity index (χ3v) is 3.39. The Bertz CT molecular complexity index is 450. The molecule has 5 heteroatoms. The van der Waals surface area contributed by atoms with Gasteiger partial charge in [-0.25, -0.2) is 0 Å². The standard InChI is InChI=1S/C13H18ClN3O/c1-9-2-3-12(11(14)6-9)16-13(18)8-17-5-4-10(15)7-17/h2-3,6,10H,4-5,7-8,15H2,1H3,(H,16,18)/t10-/m0/s1. The van der Waals surface area contributed by atoms with Crippen LogP contribution in [0.25, 0.3) is 0 Å². The van der Waals surface area contributed by atoms with Gasteiger partial charge in [-0.15, -0.1) is 0 Å². The Hall–Kier alpha value is -1.10. The fraction of sp³-hybridized carbons (Fsp3) is 0.462. The number of nitrogens with two attached hydrogens (primary N) is 1. The maximum Gasteiger partial charge on any atom is 0.238 e. The van der Waals surface area contributed by atoms with E-state index in [-0.39, 0.29) is 11.9 Å². The van der Waals surface area contributed by atoms with E-state index < -0.39 is 0 Å². The summed E-state index contributed by atoms with van der Waals surface area (Å²) in [4.78, 5) is 13.9. The largest absolute Gasteiger partial charge is 0.326 e. The van der Waals surface area contributed by atoms with Crippen LogP contribution in [0.4, 0.5) is 5.69 Å². The lowest BCUT2D eigenvalue weighted by Crippen LogP contribution is -2.33. The number of benzene rings is 1. The summed E-state index contributed by atoms with van der Waals surface area (Å²) in [6.45, 7) is 4.01. The van der Waals surface area contributed by atoms with Gasteiger partial charge >= 0.3 is 0 Å². The minimum atomic E-state index is -0.0464. The number of hydrogen-bond acceptors (Lipinski definition) is 3. The van der Waals surface area contributed by atoms with E-state index in [9.17, 15) is 4.79 Å². The summed E-state index contributed by atoms with van der Waals surface area (Å²) < 4.78 is 0. The zero-order valence-corrected chi connectivity index (χ0v) is 11.2. The Morgan fingerprint density at radius 1 is 1.61 bits per heavy atom. The molecule has 1 aliphatic rings. The summed E-state index contributed by atoms with van der Waals surface area (Å²) in [7, 11) is 0. The summed E-state index contributed by atoms with van der Waals surface area (Å²) in [5, 5.41) is 3.40. The summed E-state index contributed by atoms with van der Waals surface area (Å²) in [5.74, 6) is -0.0464. The maximum atomic E-state index is 11.9. The Labute approximate surface area is 112 Å². The number of amides is 1. The minimum absolute atomic E-state index is 0.0464. The fourth-order valence-electron chi connectivity index (χ4n) is 2.12. The monoisotopic (exact) mass is 267 g/mol. The molecule has 98 valence electrons. The lowest BCUT2D eigenvalue weighted by Gasteiger charge is -2.15. The van der Waals surface area contributed by atoms with Crippen LogP contribution in [0.2, 0.25) is 5.02 Å². The second-order valence-corrected chi connectivity index (χ2v) is 5.22. The van der Waals surface area contributed by atoms with E-state index in [1.807, 2.05) is 25.1 Å². The Morgan fingerprint density at radius 2 is 2.39 bits per heavy atom. The molecule has 2 rings (SSSR count). The van der Waals surface area contributed by atoms with Gasteiger partial charge in [-0.2, -0.15) is 0 Å². The number of nitrogens with one attached hydrogen (secondary N) is 1. The van der Waals surface area contributed by atoms with Crippen molar-refractivity contribution < 1.29 is 4.79 Å². The van der Waals surface area contributed by atoms with Crippen LogP contribution in [0.15, 0.2) is 18.2 Å². The van der Waals surface area contributed by atoms with Gasteiger partial charge in [0, 0.05) is 19.1 Å². The third kappa shape index (κ3) is 3.45. The van der Waals surface area contributed by atoms with Gasteiger partial charge < -0.3 is 11.1 Å². The number of anilines is 1. The maximum absolute atomic E-state index is 11.9. The molecule has 0 radical (unpaired) electrons. The van der Waals surface area contributed by atoms with Crippen LogP contribution in [0.5, 0.6) is 0 Å². The molecule has 1 saturated heterocycles. The second kappa shape index (κ2) is 5.69. The van der Waals surface area contributed by atoms with Crippen LogP contribution in [0, 0.1) is 6.92 Å². The number of rotatable bonds is 3. The highest BCUT2D eigenvalue weighted by molar-refractivity contribution is 6.33. The van der Waals surface area contributed by atoms with Crippen molar-refractivity contribution in [1.82, 2.24) is 4.90 Å². The number of aryl methyl sites for hydroxylation is 1. The first kappa shape index (κ1) is 13.3. The first-order chi connectivity index (χ1) is 8.54. The Kier molecular flexibility index (Phi) is 4.22. The molecule has 0 aromatic heterocycles. The molecule has 4 nitrogen and oxygen atoms in total. The Morgan fingerprint density at radius 3 is 3.00 bits per heavy atom. The van der Waals surface area contributed by atoms with Crippen molar-refractivity contribution in [3.63, 3.8) is 0 Å². The molecule has 1 amide bonds. The average molecular weight is 268 g/mol. The second-order valence-electron chi connectivity index (χ2n) is 4.82. The molecule has 0 aliphatic carbocycles. The van der Waals surface area contributed by atoms with Crippen molar-refractivity contribution in [2.24, 2.45) is 5.73 Å². The van der Waals surface area contributed by atoms with Gasteiger partial charge in [-0.05, 0) is 31.0 Å². The third-order valence-electron chi connectivity index (χ3n) is 3.07. The summed E-state index contributed by atoms with van der Waals surface area (Å²) in [5.41, 5.74) is 7.54. The molecule has 0 saturated carbocycles. The van der Waals surface area contributed by atoms with E-state index >= 15 is 0 Å². The van der Waals surface area contributed by atoms with Gasteiger partial charge in [-0.3, -0.25) is 9.69 Å². The SMILES string of the molecule is Cc1ccc(NC(=O)CN2CC[C@H](N)C2)c(Cl)c1. The predicted molar refractivity (Wildman–Crippen MR) is 73.9 cm³/mol. The number of hydrogen-bond donors (Lipinski definition) is 2. The lowest BCUT2D eigenvalue weighted by molar-refractivity contribution is -0.117. The molecule has 1 atom stereocenters. The zero-order valence-electron chi connectivity index (χ0n) is 10.4. The molecule has 0 bridgehead atoms. The van der Waals surface area contributed by atoms with Crippen molar-refractivity contribution in [1.29, 1.82) is 0 Å². The number of nitrogens with zero attached hydrogens (tertiary/aromatic N) is 1. The molecule has 3 N–H and O–H groups in total. The van der Waals surface area contributed by atoms with E-state index in [2.05, 4.69) is 10.2 Å². The van der Waals surface area contributed by atoms with Gasteiger partial charge in [0.05, 0.1) is 17.3 Å². The van der Waals surface area contributed by atoms with Crippen LogP contribution >= 0.6 is 11.6 Å². The molecular formula is C13H18ClN3O. The first-order valence-corrected chi connectivity index (χ1v) is 6.46. The molecule has 1 aromatic rings. The summed E-state index contributed by atoms with van der Waals surface area (Å²) in [6, 6.07) is 5.78. The minimum Gasteiger partial charge on any atom is -0.326 e. The zero-order chi connectivity index (χ0) is 13.1. The van der Waals surface area contributed by atoms with Crippen LogP contribution in [-0.4, -0.2) is 36.5 Å². The van der Waals surface area contributed by atoms with Gasteiger partial charge in [0.15, 0.2) is 0 Å². The van der Waals surface area contributed by atoms with Gasteiger partial charge in [-0.1, -0.05) is 17.7 Å². The topological polar surface area (TPSA) is 58.4 Å². The fourth-order valence-corrected chi connectivity index (χ4v) is 2.40. The van der Waals surface area contributed by atoms with Crippen LogP contribution < -0.4 is 11.1 Å². The number of carbonyl (C=O) groups is 1. The van der Waals surface area contributed by atoms with Crippen molar-refractivity contribution in [3.8, 4) is 0 Å². The van der Waals surface area contributed by atoms with Crippen molar-refractivity contribution in [2.45, 2.75) is 19.4 Å². The van der Waals surface area contributed by atoms with Crippen LogP contribution in [0.1, 0.15) is 12.0 Å². The normalized spacial score (nSPS) is 20.1. The van der Waals surface area contributed by atoms with Gasteiger partial charge in [0.25, 0.3) is 0 Å². The number of halogens is 1. The quantitative estimate of drug-likeness (QED) is 0.875. The highest BCUT2D eigenvalue weighted by atomic mass is 35.5. The summed E-state index contributed by atoms with van der Waals surface area (Å²) in [6.07, 6.45) is 0.957. The van der Waals surface area contributed by atoms with Gasteiger partial charge in [0.2, 0.25) is 5.91 Å². The highest BCUT2D eigenvalue weighted by Crippen LogP contribution is 2.22. The summed E-state index contributed by atoms with van der Waals surface area (Å²) >= 11 is 6.07. The molecule has 1 heterocycles. The first-order valence-electron chi connectivity index (χ1n) is 6.08. The van der Waals surface area contributed by atoms with E-state index in [1.54, 1.807) is 0 Å². The molecule has 1 aromatic carbocycles. The molecular weight excluding hydrogens is 250 g/mol. The molecule has 1 fully saturated rings. The molecule has 18 heavy (non-hydrogen) atoms. The van der Waals surface area contributed by atoms with E-state index in [0.29, 0.717) is 17.3 Å².